The molecule has 0 fully saturated rings. The second kappa shape index (κ2) is 4.92. The van der Waals surface area contributed by atoms with Gasteiger partial charge in [0.15, 0.2) is 0 Å². The standard InChI is InChI=1S/C11H13N5O3/c1-12-9-4-3-8(5-10(9)16(18)19)6-15-11(17)14(2)7-13-15/h3-5,7,12H,6H2,1-2H3. The molecule has 1 aromatic carbocycles. The minimum atomic E-state index is -0.462. The number of anilines is 1. The number of aryl methyl sites for hydroxylation is 1. The molecule has 0 aliphatic heterocycles. The third kappa shape index (κ3) is 2.46. The quantitative estimate of drug-likeness (QED) is 0.643. The fraction of sp³-hybridized carbons (Fsp3) is 0.273. The van der Waals surface area contributed by atoms with Crippen molar-refractivity contribution in [2.24, 2.45) is 7.05 Å². The van der Waals surface area contributed by atoms with Gasteiger partial charge in [-0.15, -0.1) is 0 Å². The smallest absolute Gasteiger partial charge is 0.345 e. The van der Waals surface area contributed by atoms with Crippen LogP contribution in [0, 0.1) is 10.1 Å². The van der Waals surface area contributed by atoms with E-state index in [4.69, 9.17) is 0 Å². The van der Waals surface area contributed by atoms with E-state index in [0.717, 1.165) is 0 Å². The molecule has 0 spiro atoms. The maximum absolute atomic E-state index is 11.6. The predicted molar refractivity (Wildman–Crippen MR) is 69.2 cm³/mol. The molecule has 2 rings (SSSR count). The summed E-state index contributed by atoms with van der Waals surface area (Å²) in [5.74, 6) is 0. The molecule has 0 bridgehead atoms. The van der Waals surface area contributed by atoms with Crippen molar-refractivity contribution < 1.29 is 4.92 Å². The Morgan fingerprint density at radius 3 is 2.74 bits per heavy atom. The highest BCUT2D eigenvalue weighted by atomic mass is 16.6. The molecular weight excluding hydrogens is 250 g/mol. The molecule has 8 heteroatoms. The molecule has 8 nitrogen and oxygen atoms in total. The molecule has 0 unspecified atom stereocenters. The summed E-state index contributed by atoms with van der Waals surface area (Å²) < 4.78 is 2.59. The summed E-state index contributed by atoms with van der Waals surface area (Å²) in [5.41, 5.74) is 0.790. The van der Waals surface area contributed by atoms with E-state index in [9.17, 15) is 14.9 Å². The van der Waals surface area contributed by atoms with Crippen molar-refractivity contribution in [3.05, 3.63) is 50.7 Å². The topological polar surface area (TPSA) is 95.0 Å². The van der Waals surface area contributed by atoms with Crippen LogP contribution in [0.25, 0.3) is 0 Å². The zero-order chi connectivity index (χ0) is 14.0. The van der Waals surface area contributed by atoms with E-state index in [2.05, 4.69) is 10.4 Å². The zero-order valence-electron chi connectivity index (χ0n) is 10.5. The number of nitrogens with one attached hydrogen (secondary N) is 1. The molecule has 0 saturated carbocycles. The maximum Gasteiger partial charge on any atom is 0.345 e. The first kappa shape index (κ1) is 12.8. The van der Waals surface area contributed by atoms with E-state index < -0.39 is 4.92 Å². The van der Waals surface area contributed by atoms with Crippen molar-refractivity contribution in [2.75, 3.05) is 12.4 Å². The lowest BCUT2D eigenvalue weighted by atomic mass is 10.1. The van der Waals surface area contributed by atoms with Gasteiger partial charge in [-0.3, -0.25) is 14.7 Å². The van der Waals surface area contributed by atoms with Gasteiger partial charge in [0.1, 0.15) is 12.0 Å². The number of hydrogen-bond acceptors (Lipinski definition) is 5. The number of hydrogen-bond donors (Lipinski definition) is 1. The van der Waals surface area contributed by atoms with Crippen molar-refractivity contribution in [3.8, 4) is 0 Å². The van der Waals surface area contributed by atoms with Crippen molar-refractivity contribution >= 4 is 11.4 Å². The molecule has 2 aromatic rings. The van der Waals surface area contributed by atoms with Crippen molar-refractivity contribution in [1.82, 2.24) is 14.3 Å². The lowest BCUT2D eigenvalue weighted by Gasteiger charge is -2.05. The Bertz CT molecular complexity index is 673. The molecule has 0 saturated heterocycles. The molecule has 100 valence electrons. The van der Waals surface area contributed by atoms with Crippen LogP contribution >= 0.6 is 0 Å². The van der Waals surface area contributed by atoms with Crippen LogP contribution in [0.2, 0.25) is 0 Å². The second-order valence-electron chi connectivity index (χ2n) is 4.04. The summed E-state index contributed by atoms with van der Waals surface area (Å²) in [5, 5.41) is 17.6. The van der Waals surface area contributed by atoms with Gasteiger partial charge in [-0.05, 0) is 11.6 Å². The molecular formula is C11H13N5O3. The average Bonchev–Trinajstić information content (AvgIpc) is 2.70. The number of aromatic nitrogens is 3. The minimum Gasteiger partial charge on any atom is -0.383 e. The molecule has 19 heavy (non-hydrogen) atoms. The predicted octanol–water partition coefficient (Wildman–Crippen LogP) is 0.580. The first-order valence-electron chi connectivity index (χ1n) is 5.56. The van der Waals surface area contributed by atoms with E-state index in [-0.39, 0.29) is 17.9 Å². The normalized spacial score (nSPS) is 10.4. The fourth-order valence-corrected chi connectivity index (χ4v) is 1.74. The highest BCUT2D eigenvalue weighted by molar-refractivity contribution is 5.62. The SMILES string of the molecule is CNc1ccc(Cn2ncn(C)c2=O)cc1[N+](=O)[O-]. The number of nitrogens with zero attached hydrogens (tertiary/aromatic N) is 4. The van der Waals surface area contributed by atoms with E-state index in [0.29, 0.717) is 11.3 Å². The van der Waals surface area contributed by atoms with Gasteiger partial charge in [-0.25, -0.2) is 9.48 Å². The first-order valence-corrected chi connectivity index (χ1v) is 5.56. The number of nitro groups is 1. The Morgan fingerprint density at radius 2 is 2.21 bits per heavy atom. The van der Waals surface area contributed by atoms with E-state index >= 15 is 0 Å². The first-order chi connectivity index (χ1) is 9.02. The summed E-state index contributed by atoms with van der Waals surface area (Å²) in [6, 6.07) is 4.77. The van der Waals surface area contributed by atoms with Crippen LogP contribution < -0.4 is 11.0 Å². The lowest BCUT2D eigenvalue weighted by Crippen LogP contribution is -2.23. The van der Waals surface area contributed by atoms with Crippen LogP contribution in [0.4, 0.5) is 11.4 Å². The molecule has 0 aliphatic carbocycles. The molecule has 0 aliphatic rings. The highest BCUT2D eigenvalue weighted by Gasteiger charge is 2.14. The third-order valence-corrected chi connectivity index (χ3v) is 2.75. The Labute approximate surface area is 108 Å². The largest absolute Gasteiger partial charge is 0.383 e. The number of rotatable bonds is 4. The van der Waals surface area contributed by atoms with Gasteiger partial charge >= 0.3 is 5.69 Å². The van der Waals surface area contributed by atoms with E-state index in [1.165, 1.54) is 21.6 Å². The molecule has 1 N–H and O–H groups in total. The van der Waals surface area contributed by atoms with Crippen LogP contribution in [-0.4, -0.2) is 26.3 Å². The maximum atomic E-state index is 11.6. The Hall–Kier alpha value is -2.64. The van der Waals surface area contributed by atoms with Gasteiger partial charge in [0.2, 0.25) is 0 Å². The van der Waals surface area contributed by atoms with Gasteiger partial charge in [0.05, 0.1) is 11.5 Å². The lowest BCUT2D eigenvalue weighted by molar-refractivity contribution is -0.384. The average molecular weight is 263 g/mol. The van der Waals surface area contributed by atoms with Crippen molar-refractivity contribution in [2.45, 2.75) is 6.54 Å². The summed E-state index contributed by atoms with van der Waals surface area (Å²) in [6.45, 7) is 0.199. The van der Waals surface area contributed by atoms with Crippen LogP contribution in [0.3, 0.4) is 0 Å². The van der Waals surface area contributed by atoms with Gasteiger partial charge in [-0.2, -0.15) is 5.10 Å². The Kier molecular flexibility index (Phi) is 3.32. The zero-order valence-corrected chi connectivity index (χ0v) is 10.5. The van der Waals surface area contributed by atoms with E-state index in [1.54, 1.807) is 26.2 Å². The van der Waals surface area contributed by atoms with Crippen molar-refractivity contribution in [3.63, 3.8) is 0 Å². The summed E-state index contributed by atoms with van der Waals surface area (Å²) in [4.78, 5) is 22.1. The van der Waals surface area contributed by atoms with Gasteiger partial charge in [-0.1, -0.05) is 6.07 Å². The third-order valence-electron chi connectivity index (χ3n) is 2.75. The molecule has 1 heterocycles. The van der Waals surface area contributed by atoms with Gasteiger partial charge in [0, 0.05) is 20.2 Å². The highest BCUT2D eigenvalue weighted by Crippen LogP contribution is 2.25. The summed E-state index contributed by atoms with van der Waals surface area (Å²) >= 11 is 0. The Balaban J connectivity index is 2.36. The van der Waals surface area contributed by atoms with Gasteiger partial charge < -0.3 is 5.32 Å². The minimum absolute atomic E-state index is 0.0241. The van der Waals surface area contributed by atoms with Crippen LogP contribution in [-0.2, 0) is 13.6 Å². The molecule has 0 amide bonds. The summed E-state index contributed by atoms with van der Waals surface area (Å²) in [6.07, 6.45) is 1.40. The monoisotopic (exact) mass is 263 g/mol. The molecule has 0 atom stereocenters. The van der Waals surface area contributed by atoms with Gasteiger partial charge in [0.25, 0.3) is 5.69 Å². The summed E-state index contributed by atoms with van der Waals surface area (Å²) in [7, 11) is 3.21. The molecule has 1 aromatic heterocycles. The van der Waals surface area contributed by atoms with Crippen molar-refractivity contribution in [1.29, 1.82) is 0 Å². The second-order valence-corrected chi connectivity index (χ2v) is 4.04. The fourth-order valence-electron chi connectivity index (χ4n) is 1.74. The van der Waals surface area contributed by atoms with Crippen LogP contribution in [0.15, 0.2) is 29.3 Å². The molecule has 0 radical (unpaired) electrons. The Morgan fingerprint density at radius 1 is 1.47 bits per heavy atom. The number of nitro benzene ring substituents is 1. The van der Waals surface area contributed by atoms with E-state index in [1.807, 2.05) is 0 Å². The van der Waals surface area contributed by atoms with Crippen LogP contribution in [0.1, 0.15) is 5.56 Å². The van der Waals surface area contributed by atoms with Crippen LogP contribution in [0.5, 0.6) is 0 Å². The number of benzene rings is 1.